The second kappa shape index (κ2) is 10.5. The zero-order valence-corrected chi connectivity index (χ0v) is 22.5. The van der Waals surface area contributed by atoms with Crippen LogP contribution in [0, 0.1) is 6.92 Å². The van der Waals surface area contributed by atoms with Gasteiger partial charge in [-0.1, -0.05) is 66.7 Å². The van der Waals surface area contributed by atoms with Crippen molar-refractivity contribution in [2.45, 2.75) is 32.2 Å². The highest BCUT2D eigenvalue weighted by Gasteiger charge is 2.24. The summed E-state index contributed by atoms with van der Waals surface area (Å²) in [7, 11) is 0. The van der Waals surface area contributed by atoms with Gasteiger partial charge in [0, 0.05) is 36.0 Å². The SMILES string of the molecule is Cc1cccn2c(-c3ccccc3)c(-c3ccc(CN4CCC(c5nc(-c6ccccn6)n[nH]5)CC4)cc3)nc12. The first-order chi connectivity index (χ1) is 19.7. The molecule has 0 spiro atoms. The Labute approximate surface area is 233 Å². The van der Waals surface area contributed by atoms with Crippen molar-refractivity contribution in [3.8, 4) is 34.0 Å². The van der Waals surface area contributed by atoms with Crippen LogP contribution in [-0.2, 0) is 6.54 Å². The monoisotopic (exact) mass is 525 g/mol. The van der Waals surface area contributed by atoms with E-state index in [0.717, 1.165) is 66.6 Å². The van der Waals surface area contributed by atoms with E-state index in [4.69, 9.17) is 9.97 Å². The number of imidazole rings is 1. The van der Waals surface area contributed by atoms with Crippen LogP contribution in [0.3, 0.4) is 0 Å². The van der Waals surface area contributed by atoms with Gasteiger partial charge in [0.05, 0.1) is 11.4 Å². The minimum atomic E-state index is 0.401. The van der Waals surface area contributed by atoms with Crippen LogP contribution in [0.5, 0.6) is 0 Å². The number of nitrogens with one attached hydrogen (secondary N) is 1. The highest BCUT2D eigenvalue weighted by atomic mass is 15.2. The third-order valence-corrected chi connectivity index (χ3v) is 7.90. The highest BCUT2D eigenvalue weighted by Crippen LogP contribution is 2.34. The summed E-state index contributed by atoms with van der Waals surface area (Å²) in [6.45, 7) is 5.14. The van der Waals surface area contributed by atoms with E-state index >= 15 is 0 Å². The van der Waals surface area contributed by atoms with Gasteiger partial charge in [-0.15, -0.1) is 0 Å². The number of nitrogens with zero attached hydrogens (tertiary/aromatic N) is 6. The minimum absolute atomic E-state index is 0.401. The molecule has 1 fully saturated rings. The molecule has 6 aromatic rings. The molecule has 1 aliphatic rings. The minimum Gasteiger partial charge on any atom is -0.299 e. The molecule has 7 nitrogen and oxygen atoms in total. The van der Waals surface area contributed by atoms with E-state index in [1.54, 1.807) is 6.20 Å². The Bertz CT molecular complexity index is 1730. The van der Waals surface area contributed by atoms with E-state index in [-0.39, 0.29) is 0 Å². The van der Waals surface area contributed by atoms with Crippen molar-refractivity contribution in [3.63, 3.8) is 0 Å². The van der Waals surface area contributed by atoms with Crippen LogP contribution in [0.1, 0.15) is 35.7 Å². The van der Waals surface area contributed by atoms with Crippen molar-refractivity contribution in [1.82, 2.24) is 34.4 Å². The lowest BCUT2D eigenvalue weighted by Crippen LogP contribution is -2.32. The molecule has 7 heteroatoms. The molecule has 0 unspecified atom stereocenters. The normalized spacial score (nSPS) is 14.6. The molecule has 0 saturated carbocycles. The lowest BCUT2D eigenvalue weighted by atomic mass is 9.95. The predicted molar refractivity (Wildman–Crippen MR) is 158 cm³/mol. The third kappa shape index (κ3) is 4.69. The molecule has 4 aromatic heterocycles. The van der Waals surface area contributed by atoms with E-state index in [1.165, 1.54) is 16.7 Å². The quantitative estimate of drug-likeness (QED) is 0.267. The van der Waals surface area contributed by atoms with Gasteiger partial charge >= 0.3 is 0 Å². The molecule has 0 bridgehead atoms. The molecular weight excluding hydrogens is 494 g/mol. The van der Waals surface area contributed by atoms with Crippen LogP contribution in [0.4, 0.5) is 0 Å². The predicted octanol–water partition coefficient (Wildman–Crippen LogP) is 6.54. The summed E-state index contributed by atoms with van der Waals surface area (Å²) >= 11 is 0. The average molecular weight is 526 g/mol. The number of H-pyrrole nitrogens is 1. The number of piperidine rings is 1. The maximum Gasteiger partial charge on any atom is 0.199 e. The molecule has 198 valence electrons. The van der Waals surface area contributed by atoms with Crippen LogP contribution >= 0.6 is 0 Å². The fraction of sp³-hybridized carbons (Fsp3) is 0.212. The van der Waals surface area contributed by atoms with Gasteiger partial charge in [-0.05, 0) is 62.2 Å². The largest absolute Gasteiger partial charge is 0.299 e. The number of aromatic nitrogens is 6. The average Bonchev–Trinajstić information content (AvgIpc) is 3.66. The standard InChI is InChI=1S/C33H31N7/c1-23-8-7-19-40-30(26-9-3-2-4-10-26)29(35-33(23)40)25-14-12-24(13-15-25)22-39-20-16-27(17-21-39)31-36-32(38-37-31)28-11-5-6-18-34-28/h2-15,18-19,27H,16-17,20-22H2,1H3,(H,36,37,38). The van der Waals surface area contributed by atoms with Crippen LogP contribution < -0.4 is 0 Å². The second-order valence-electron chi connectivity index (χ2n) is 10.6. The third-order valence-electron chi connectivity index (χ3n) is 7.90. The molecule has 7 rings (SSSR count). The number of likely N-dealkylation sites (tertiary alicyclic amines) is 1. The molecule has 0 radical (unpaired) electrons. The summed E-state index contributed by atoms with van der Waals surface area (Å²) in [6, 6.07) is 29.5. The number of rotatable bonds is 6. The van der Waals surface area contributed by atoms with Crippen molar-refractivity contribution in [2.24, 2.45) is 0 Å². The molecule has 1 N–H and O–H groups in total. The Morgan fingerprint density at radius 3 is 2.40 bits per heavy atom. The number of hydrogen-bond donors (Lipinski definition) is 1. The maximum atomic E-state index is 5.10. The lowest BCUT2D eigenvalue weighted by molar-refractivity contribution is 0.202. The maximum absolute atomic E-state index is 5.10. The van der Waals surface area contributed by atoms with Gasteiger partial charge in [-0.25, -0.2) is 9.97 Å². The number of fused-ring (bicyclic) bond motifs is 1. The van der Waals surface area contributed by atoms with E-state index < -0.39 is 0 Å². The van der Waals surface area contributed by atoms with Gasteiger partial charge in [0.25, 0.3) is 0 Å². The number of pyridine rings is 2. The lowest BCUT2D eigenvalue weighted by Gasteiger charge is -2.30. The Morgan fingerprint density at radius 2 is 1.62 bits per heavy atom. The molecule has 0 aliphatic carbocycles. The molecule has 40 heavy (non-hydrogen) atoms. The zero-order chi connectivity index (χ0) is 26.9. The second-order valence-corrected chi connectivity index (χ2v) is 10.6. The molecule has 1 aliphatic heterocycles. The molecule has 5 heterocycles. The first-order valence-electron chi connectivity index (χ1n) is 13.9. The van der Waals surface area contributed by atoms with Crippen LogP contribution in [-0.4, -0.2) is 47.5 Å². The summed E-state index contributed by atoms with van der Waals surface area (Å²) in [5, 5.41) is 7.57. The van der Waals surface area contributed by atoms with Gasteiger partial charge in [0.1, 0.15) is 17.2 Å². The van der Waals surface area contributed by atoms with E-state index in [2.05, 4.69) is 104 Å². The Kier molecular flexibility index (Phi) is 6.42. The molecular formula is C33H31N7. The summed E-state index contributed by atoms with van der Waals surface area (Å²) in [6.07, 6.45) is 6.01. The van der Waals surface area contributed by atoms with Gasteiger partial charge in [0.2, 0.25) is 0 Å². The smallest absolute Gasteiger partial charge is 0.199 e. The number of aryl methyl sites for hydroxylation is 1. The van der Waals surface area contributed by atoms with Crippen LogP contribution in [0.15, 0.2) is 97.3 Å². The summed E-state index contributed by atoms with van der Waals surface area (Å²) in [5.41, 5.74) is 8.75. The van der Waals surface area contributed by atoms with Gasteiger partial charge < -0.3 is 0 Å². The van der Waals surface area contributed by atoms with E-state index in [0.29, 0.717) is 11.7 Å². The fourth-order valence-electron chi connectivity index (χ4n) is 5.73. The van der Waals surface area contributed by atoms with Crippen molar-refractivity contribution >= 4 is 5.65 Å². The summed E-state index contributed by atoms with van der Waals surface area (Å²) in [4.78, 5) is 16.7. The Morgan fingerprint density at radius 1 is 0.825 bits per heavy atom. The fourth-order valence-corrected chi connectivity index (χ4v) is 5.73. The van der Waals surface area contributed by atoms with Crippen LogP contribution in [0.25, 0.3) is 39.7 Å². The summed E-state index contributed by atoms with van der Waals surface area (Å²) in [5.74, 6) is 2.05. The number of benzene rings is 2. The van der Waals surface area contributed by atoms with Crippen molar-refractivity contribution in [3.05, 3.63) is 114 Å². The molecule has 0 amide bonds. The van der Waals surface area contributed by atoms with E-state index in [1.807, 2.05) is 18.2 Å². The Hall–Kier alpha value is -4.62. The molecule has 1 saturated heterocycles. The summed E-state index contributed by atoms with van der Waals surface area (Å²) < 4.78 is 2.21. The van der Waals surface area contributed by atoms with Crippen molar-refractivity contribution < 1.29 is 0 Å². The highest BCUT2D eigenvalue weighted by molar-refractivity contribution is 5.82. The topological polar surface area (TPSA) is 75.0 Å². The number of hydrogen-bond acceptors (Lipinski definition) is 5. The first kappa shape index (κ1) is 24.4. The van der Waals surface area contributed by atoms with Gasteiger partial charge in [0.15, 0.2) is 5.82 Å². The van der Waals surface area contributed by atoms with Gasteiger partial charge in [-0.2, -0.15) is 5.10 Å². The Balaban J connectivity index is 1.05. The van der Waals surface area contributed by atoms with Crippen molar-refractivity contribution in [1.29, 1.82) is 0 Å². The van der Waals surface area contributed by atoms with Crippen LogP contribution in [0.2, 0.25) is 0 Å². The van der Waals surface area contributed by atoms with Gasteiger partial charge in [-0.3, -0.25) is 19.4 Å². The molecule has 2 aromatic carbocycles. The first-order valence-corrected chi connectivity index (χ1v) is 13.9. The molecule has 0 atom stereocenters. The zero-order valence-electron chi connectivity index (χ0n) is 22.5. The number of aromatic amines is 1. The van der Waals surface area contributed by atoms with Crippen molar-refractivity contribution in [2.75, 3.05) is 13.1 Å². The van der Waals surface area contributed by atoms with E-state index in [9.17, 15) is 0 Å².